The Balaban J connectivity index is 1.53. The number of carbonyl (C=O) groups is 2. The molecule has 0 aromatic heterocycles. The fourth-order valence-electron chi connectivity index (χ4n) is 4.22. The van der Waals surface area contributed by atoms with E-state index in [1.807, 2.05) is 9.80 Å². The number of hydrogen-bond acceptors (Lipinski definition) is 2. The van der Waals surface area contributed by atoms with Gasteiger partial charge in [-0.1, -0.05) is 25.7 Å². The van der Waals surface area contributed by atoms with E-state index in [4.69, 9.17) is 0 Å². The largest absolute Gasteiger partial charge is 0.341 e. The first-order chi connectivity index (χ1) is 10.3. The van der Waals surface area contributed by atoms with Crippen molar-refractivity contribution in [2.45, 2.75) is 57.8 Å². The van der Waals surface area contributed by atoms with E-state index in [1.165, 1.54) is 25.7 Å². The maximum absolute atomic E-state index is 12.5. The summed E-state index contributed by atoms with van der Waals surface area (Å²) in [5.74, 6) is 1.23. The van der Waals surface area contributed by atoms with Gasteiger partial charge in [0.2, 0.25) is 11.8 Å². The van der Waals surface area contributed by atoms with Crippen LogP contribution in [0.5, 0.6) is 0 Å². The summed E-state index contributed by atoms with van der Waals surface area (Å²) in [6.45, 7) is 3.16. The molecule has 21 heavy (non-hydrogen) atoms. The molecule has 4 heteroatoms. The number of hydrogen-bond donors (Lipinski definition) is 0. The van der Waals surface area contributed by atoms with Crippen LogP contribution in [-0.4, -0.2) is 47.8 Å². The van der Waals surface area contributed by atoms with Gasteiger partial charge in [0.25, 0.3) is 0 Å². The Morgan fingerprint density at radius 1 is 0.571 bits per heavy atom. The third-order valence-electron chi connectivity index (χ3n) is 5.53. The molecule has 4 nitrogen and oxygen atoms in total. The summed E-state index contributed by atoms with van der Waals surface area (Å²) < 4.78 is 0. The van der Waals surface area contributed by atoms with Crippen molar-refractivity contribution in [3.63, 3.8) is 0 Å². The zero-order chi connectivity index (χ0) is 14.7. The molecule has 0 bridgehead atoms. The summed E-state index contributed by atoms with van der Waals surface area (Å²) in [6.07, 6.45) is 10.0. The molecule has 3 fully saturated rings. The molecule has 0 radical (unpaired) electrons. The topological polar surface area (TPSA) is 40.6 Å². The quantitative estimate of drug-likeness (QED) is 0.784. The third kappa shape index (κ3) is 3.41. The van der Waals surface area contributed by atoms with Crippen LogP contribution in [-0.2, 0) is 9.59 Å². The van der Waals surface area contributed by atoms with Crippen molar-refractivity contribution in [3.05, 3.63) is 0 Å². The van der Waals surface area contributed by atoms with Crippen LogP contribution in [0.15, 0.2) is 0 Å². The van der Waals surface area contributed by atoms with Crippen molar-refractivity contribution in [2.75, 3.05) is 26.2 Å². The first-order valence-corrected chi connectivity index (χ1v) is 8.83. The molecule has 1 aliphatic heterocycles. The predicted molar refractivity (Wildman–Crippen MR) is 81.7 cm³/mol. The van der Waals surface area contributed by atoms with Crippen LogP contribution in [0.4, 0.5) is 0 Å². The van der Waals surface area contributed by atoms with Gasteiger partial charge in [-0.3, -0.25) is 9.59 Å². The van der Waals surface area contributed by atoms with E-state index in [9.17, 15) is 9.59 Å². The van der Waals surface area contributed by atoms with Crippen molar-refractivity contribution in [1.82, 2.24) is 9.80 Å². The lowest BCUT2D eigenvalue weighted by atomic mass is 10.1. The minimum Gasteiger partial charge on any atom is -0.341 e. The van der Waals surface area contributed by atoms with E-state index in [1.54, 1.807) is 0 Å². The van der Waals surface area contributed by atoms with E-state index in [-0.39, 0.29) is 11.8 Å². The van der Waals surface area contributed by atoms with E-state index < -0.39 is 0 Å². The molecular weight excluding hydrogens is 264 g/mol. The van der Waals surface area contributed by atoms with E-state index in [2.05, 4.69) is 0 Å². The summed E-state index contributed by atoms with van der Waals surface area (Å²) in [5, 5.41) is 0. The minimum absolute atomic E-state index is 0.266. The molecule has 0 aromatic rings. The van der Waals surface area contributed by atoms with E-state index in [0.29, 0.717) is 11.8 Å². The van der Waals surface area contributed by atoms with Gasteiger partial charge < -0.3 is 9.80 Å². The molecular formula is C17H28N2O2. The molecule has 3 rings (SSSR count). The minimum atomic E-state index is 0.266. The maximum Gasteiger partial charge on any atom is 0.225 e. The molecule has 0 atom stereocenters. The van der Waals surface area contributed by atoms with Gasteiger partial charge in [0.1, 0.15) is 0 Å². The lowest BCUT2D eigenvalue weighted by molar-refractivity contribution is -0.137. The lowest BCUT2D eigenvalue weighted by Gasteiger charge is -2.25. The Labute approximate surface area is 127 Å². The zero-order valence-corrected chi connectivity index (χ0v) is 13.1. The smallest absolute Gasteiger partial charge is 0.225 e. The Kier molecular flexibility index (Phi) is 4.81. The monoisotopic (exact) mass is 292 g/mol. The molecule has 1 saturated heterocycles. The molecule has 2 aliphatic carbocycles. The van der Waals surface area contributed by atoms with E-state index >= 15 is 0 Å². The van der Waals surface area contributed by atoms with Gasteiger partial charge in [-0.05, 0) is 32.1 Å². The molecule has 0 unspecified atom stereocenters. The fraction of sp³-hybridized carbons (Fsp3) is 0.882. The number of amides is 2. The highest BCUT2D eigenvalue weighted by atomic mass is 16.2. The predicted octanol–water partition coefficient (Wildman–Crippen LogP) is 2.43. The molecule has 2 saturated carbocycles. The van der Waals surface area contributed by atoms with Gasteiger partial charge in [-0.25, -0.2) is 0 Å². The summed E-state index contributed by atoms with van der Waals surface area (Å²) in [6, 6.07) is 0. The standard InChI is InChI=1S/C17H28N2O2/c20-16(14-6-1-2-7-14)18-10-5-11-19(13-12-18)17(21)15-8-3-4-9-15/h14-15H,1-13H2. The average molecular weight is 292 g/mol. The van der Waals surface area contributed by atoms with Crippen molar-refractivity contribution in [1.29, 1.82) is 0 Å². The van der Waals surface area contributed by atoms with Gasteiger partial charge >= 0.3 is 0 Å². The van der Waals surface area contributed by atoms with Gasteiger partial charge in [-0.2, -0.15) is 0 Å². The van der Waals surface area contributed by atoms with Crippen LogP contribution in [0.25, 0.3) is 0 Å². The van der Waals surface area contributed by atoms with Crippen LogP contribution in [0, 0.1) is 11.8 Å². The van der Waals surface area contributed by atoms with Gasteiger partial charge in [0.15, 0.2) is 0 Å². The van der Waals surface area contributed by atoms with Crippen molar-refractivity contribution in [3.8, 4) is 0 Å². The second-order valence-corrected chi connectivity index (χ2v) is 6.97. The number of carbonyl (C=O) groups excluding carboxylic acids is 2. The van der Waals surface area contributed by atoms with Crippen LogP contribution < -0.4 is 0 Å². The van der Waals surface area contributed by atoms with Crippen LogP contribution >= 0.6 is 0 Å². The van der Waals surface area contributed by atoms with Gasteiger partial charge in [0.05, 0.1) is 0 Å². The lowest BCUT2D eigenvalue weighted by Crippen LogP contribution is -2.40. The Bertz CT molecular complexity index is 348. The summed E-state index contributed by atoms with van der Waals surface area (Å²) in [7, 11) is 0. The maximum atomic E-state index is 12.5. The zero-order valence-electron chi connectivity index (χ0n) is 13.1. The SMILES string of the molecule is O=C(C1CCCC1)N1CCCN(C(=O)C2CCCC2)CC1. The molecule has 118 valence electrons. The van der Waals surface area contributed by atoms with Crippen molar-refractivity contribution < 1.29 is 9.59 Å². The Morgan fingerprint density at radius 2 is 0.952 bits per heavy atom. The summed E-state index contributed by atoms with van der Waals surface area (Å²) in [5.41, 5.74) is 0. The van der Waals surface area contributed by atoms with Crippen LogP contribution in [0.3, 0.4) is 0 Å². The summed E-state index contributed by atoms with van der Waals surface area (Å²) in [4.78, 5) is 29.1. The van der Waals surface area contributed by atoms with Gasteiger partial charge in [0, 0.05) is 38.0 Å². The molecule has 0 aromatic carbocycles. The third-order valence-corrected chi connectivity index (χ3v) is 5.53. The highest BCUT2D eigenvalue weighted by Gasteiger charge is 2.31. The van der Waals surface area contributed by atoms with Crippen molar-refractivity contribution >= 4 is 11.8 Å². The summed E-state index contributed by atoms with van der Waals surface area (Å²) >= 11 is 0. The number of nitrogens with zero attached hydrogens (tertiary/aromatic N) is 2. The normalized spacial score (nSPS) is 25.3. The second kappa shape index (κ2) is 6.80. The van der Waals surface area contributed by atoms with Crippen LogP contribution in [0.2, 0.25) is 0 Å². The average Bonchev–Trinajstić information content (AvgIpc) is 3.15. The Morgan fingerprint density at radius 3 is 1.33 bits per heavy atom. The highest BCUT2D eigenvalue weighted by molar-refractivity contribution is 5.80. The molecule has 0 N–H and O–H groups in total. The molecule has 1 heterocycles. The Hall–Kier alpha value is -1.06. The first-order valence-electron chi connectivity index (χ1n) is 8.83. The molecule has 3 aliphatic rings. The fourth-order valence-corrected chi connectivity index (χ4v) is 4.22. The molecule has 0 spiro atoms. The second-order valence-electron chi connectivity index (χ2n) is 6.97. The highest BCUT2D eigenvalue weighted by Crippen LogP contribution is 2.28. The van der Waals surface area contributed by atoms with Crippen molar-refractivity contribution in [2.24, 2.45) is 11.8 Å². The molecule has 2 amide bonds. The first kappa shape index (κ1) is 14.9. The number of rotatable bonds is 2. The van der Waals surface area contributed by atoms with Crippen LogP contribution in [0.1, 0.15) is 57.8 Å². The van der Waals surface area contributed by atoms with E-state index in [0.717, 1.165) is 58.3 Å². The van der Waals surface area contributed by atoms with Gasteiger partial charge in [-0.15, -0.1) is 0 Å².